The van der Waals surface area contributed by atoms with Crippen molar-refractivity contribution < 1.29 is 19.7 Å². The van der Waals surface area contributed by atoms with Gasteiger partial charge in [-0.2, -0.15) is 0 Å². The van der Waals surface area contributed by atoms with Crippen molar-refractivity contribution in [2.24, 2.45) is 57.3 Å². The molecule has 0 radical (unpaired) electrons. The molecule has 1 aliphatic carbocycles. The largest absolute Gasteiger partial charge is 0.508 e. The van der Waals surface area contributed by atoms with E-state index in [0.29, 0.717) is 43.6 Å². The molecule has 1 amide bonds. The summed E-state index contributed by atoms with van der Waals surface area (Å²) in [6.45, 7) is 8.63. The molecular weight excluding hydrogens is 450 g/mol. The third kappa shape index (κ3) is 11.2. The minimum atomic E-state index is -1.58. The van der Waals surface area contributed by atoms with Crippen LogP contribution in [-0.4, -0.2) is 72.6 Å². The van der Waals surface area contributed by atoms with Crippen LogP contribution in [0.2, 0.25) is 0 Å². The second kappa shape index (κ2) is 16.1. The standard InChI is InChI=1S/C24H49N7O4/c1-14(8-18-10-17(4-5-19(18)28)13-30-22(29)12-27)9-21(35-24(34)16(3)32)20(11-26)31-23(33)15(2)6-7-25/h14-15,17-21,24,32,34H,3-13,25-28H2,1-2H3,(H2,29,30)(H,31,33). The van der Waals surface area contributed by atoms with E-state index in [1.54, 1.807) is 6.92 Å². The van der Waals surface area contributed by atoms with Crippen LogP contribution in [0.1, 0.15) is 52.4 Å². The topological polar surface area (TPSA) is 221 Å². The highest BCUT2D eigenvalue weighted by atomic mass is 16.6. The molecule has 0 spiro atoms. The Hall–Kier alpha value is -1.76. The molecule has 204 valence electrons. The van der Waals surface area contributed by atoms with E-state index in [-0.39, 0.29) is 36.9 Å². The number of aliphatic imine (C=N–C) groups is 1. The van der Waals surface area contributed by atoms with Crippen LogP contribution in [0.5, 0.6) is 0 Å². The lowest BCUT2D eigenvalue weighted by molar-refractivity contribution is -0.147. The fourth-order valence-electron chi connectivity index (χ4n) is 4.71. The second-order valence-electron chi connectivity index (χ2n) is 10.1. The van der Waals surface area contributed by atoms with Gasteiger partial charge in [0.25, 0.3) is 0 Å². The number of ether oxygens (including phenoxy) is 1. The molecule has 8 unspecified atom stereocenters. The maximum atomic E-state index is 12.6. The Kier molecular flexibility index (Phi) is 14.4. The molecule has 11 nitrogen and oxygen atoms in total. The lowest BCUT2D eigenvalue weighted by Crippen LogP contribution is -2.52. The monoisotopic (exact) mass is 499 g/mol. The molecule has 1 fully saturated rings. The summed E-state index contributed by atoms with van der Waals surface area (Å²) >= 11 is 0. The molecule has 0 saturated heterocycles. The molecule has 0 aliphatic heterocycles. The number of nitrogens with zero attached hydrogens (tertiary/aromatic N) is 1. The predicted molar refractivity (Wildman–Crippen MR) is 139 cm³/mol. The van der Waals surface area contributed by atoms with Crippen LogP contribution >= 0.6 is 0 Å². The van der Waals surface area contributed by atoms with E-state index >= 15 is 0 Å². The van der Waals surface area contributed by atoms with E-state index in [0.717, 1.165) is 25.7 Å². The summed E-state index contributed by atoms with van der Waals surface area (Å²) in [6, 6.07) is -0.464. The average molecular weight is 500 g/mol. The summed E-state index contributed by atoms with van der Waals surface area (Å²) in [6.07, 6.45) is 2.56. The number of nitrogens with two attached hydrogens (primary N) is 5. The third-order valence-corrected chi connectivity index (χ3v) is 6.92. The van der Waals surface area contributed by atoms with Crippen LogP contribution in [0.15, 0.2) is 17.3 Å². The Balaban J connectivity index is 2.86. The van der Waals surface area contributed by atoms with Crippen molar-refractivity contribution in [2.45, 2.75) is 76.9 Å². The van der Waals surface area contributed by atoms with Gasteiger partial charge in [-0.1, -0.05) is 20.4 Å². The van der Waals surface area contributed by atoms with Gasteiger partial charge in [-0.15, -0.1) is 0 Å². The van der Waals surface area contributed by atoms with Gasteiger partial charge in [0.1, 0.15) is 11.6 Å². The Bertz CT molecular complexity index is 678. The van der Waals surface area contributed by atoms with Crippen molar-refractivity contribution in [1.82, 2.24) is 5.32 Å². The molecule has 1 rings (SSSR count). The van der Waals surface area contributed by atoms with E-state index in [9.17, 15) is 15.0 Å². The lowest BCUT2D eigenvalue weighted by Gasteiger charge is -2.36. The van der Waals surface area contributed by atoms with Crippen LogP contribution in [0.25, 0.3) is 0 Å². The van der Waals surface area contributed by atoms with E-state index in [1.807, 2.05) is 0 Å². The van der Waals surface area contributed by atoms with Crippen LogP contribution in [-0.2, 0) is 9.53 Å². The highest BCUT2D eigenvalue weighted by Gasteiger charge is 2.33. The summed E-state index contributed by atoms with van der Waals surface area (Å²) in [4.78, 5) is 17.0. The summed E-state index contributed by atoms with van der Waals surface area (Å²) in [5.74, 6) is 0.354. The number of hydrogen-bond donors (Lipinski definition) is 8. The Morgan fingerprint density at radius 1 is 1.26 bits per heavy atom. The Morgan fingerprint density at radius 2 is 1.94 bits per heavy atom. The predicted octanol–water partition coefficient (Wildman–Crippen LogP) is -0.334. The quantitative estimate of drug-likeness (QED) is 0.0601. The van der Waals surface area contributed by atoms with Crippen LogP contribution in [0.3, 0.4) is 0 Å². The SMILES string of the molecule is C=C(O)C(O)OC(CC(C)CC1CC(CN=C(N)CN)CCC1N)C(CN)NC(=O)C(C)CCN. The first-order chi connectivity index (χ1) is 16.5. The number of carbonyl (C=O) groups is 1. The zero-order chi connectivity index (χ0) is 26.5. The van der Waals surface area contributed by atoms with Gasteiger partial charge in [-0.05, 0) is 62.8 Å². The van der Waals surface area contributed by atoms with E-state index in [4.69, 9.17) is 33.4 Å². The number of hydrogen-bond acceptors (Lipinski definition) is 9. The van der Waals surface area contributed by atoms with Gasteiger partial charge >= 0.3 is 0 Å². The Labute approximate surface area is 209 Å². The average Bonchev–Trinajstić information content (AvgIpc) is 2.82. The molecular formula is C24H49N7O4. The van der Waals surface area contributed by atoms with E-state index in [2.05, 4.69) is 23.8 Å². The van der Waals surface area contributed by atoms with Gasteiger partial charge in [0.15, 0.2) is 0 Å². The molecule has 0 aromatic heterocycles. The van der Waals surface area contributed by atoms with Gasteiger partial charge in [0.2, 0.25) is 12.2 Å². The molecule has 11 heteroatoms. The fourth-order valence-corrected chi connectivity index (χ4v) is 4.71. The number of amides is 1. The number of nitrogens with one attached hydrogen (secondary N) is 1. The smallest absolute Gasteiger partial charge is 0.223 e. The van der Waals surface area contributed by atoms with Crippen molar-refractivity contribution in [2.75, 3.05) is 26.2 Å². The van der Waals surface area contributed by atoms with Gasteiger partial charge in [-0.25, -0.2) is 0 Å². The zero-order valence-corrected chi connectivity index (χ0v) is 21.4. The number of amidine groups is 1. The molecule has 8 atom stereocenters. The van der Waals surface area contributed by atoms with Gasteiger partial charge in [0, 0.05) is 25.0 Å². The number of carbonyl (C=O) groups excluding carboxylic acids is 1. The molecule has 0 aromatic rings. The van der Waals surface area contributed by atoms with Gasteiger partial charge in [0.05, 0.1) is 18.7 Å². The minimum Gasteiger partial charge on any atom is -0.508 e. The minimum absolute atomic E-state index is 0.0915. The fraction of sp³-hybridized carbons (Fsp3) is 0.833. The molecule has 35 heavy (non-hydrogen) atoms. The third-order valence-electron chi connectivity index (χ3n) is 6.92. The van der Waals surface area contributed by atoms with Crippen LogP contribution in [0.4, 0.5) is 0 Å². The molecule has 0 heterocycles. The zero-order valence-electron chi connectivity index (χ0n) is 21.4. The van der Waals surface area contributed by atoms with Crippen LogP contribution < -0.4 is 34.0 Å². The van der Waals surface area contributed by atoms with Crippen molar-refractivity contribution in [1.29, 1.82) is 0 Å². The van der Waals surface area contributed by atoms with Gasteiger partial charge < -0.3 is 48.9 Å². The van der Waals surface area contributed by atoms with E-state index in [1.165, 1.54) is 0 Å². The van der Waals surface area contributed by atoms with Crippen molar-refractivity contribution >= 4 is 11.7 Å². The molecule has 0 aromatic carbocycles. The normalized spacial score (nSPS) is 25.3. The summed E-state index contributed by atoms with van der Waals surface area (Å²) in [5, 5.41) is 22.6. The van der Waals surface area contributed by atoms with Crippen molar-refractivity contribution in [3.63, 3.8) is 0 Å². The molecule has 0 bridgehead atoms. The lowest BCUT2D eigenvalue weighted by atomic mass is 9.74. The van der Waals surface area contributed by atoms with Crippen molar-refractivity contribution in [3.8, 4) is 0 Å². The second-order valence-corrected chi connectivity index (χ2v) is 10.1. The number of aliphatic hydroxyl groups is 2. The first-order valence-electron chi connectivity index (χ1n) is 12.7. The molecule has 13 N–H and O–H groups in total. The molecule has 1 saturated carbocycles. The van der Waals surface area contributed by atoms with Crippen LogP contribution in [0, 0.1) is 23.7 Å². The maximum Gasteiger partial charge on any atom is 0.223 e. The summed E-state index contributed by atoms with van der Waals surface area (Å²) in [5.41, 5.74) is 29.3. The highest BCUT2D eigenvalue weighted by molar-refractivity contribution is 5.82. The van der Waals surface area contributed by atoms with E-state index < -0.39 is 24.2 Å². The first-order valence-corrected chi connectivity index (χ1v) is 12.7. The summed E-state index contributed by atoms with van der Waals surface area (Å²) < 4.78 is 5.70. The number of aliphatic hydroxyl groups excluding tert-OH is 2. The molecule has 1 aliphatic rings. The summed E-state index contributed by atoms with van der Waals surface area (Å²) in [7, 11) is 0. The maximum absolute atomic E-state index is 12.6. The number of rotatable bonds is 16. The first kappa shape index (κ1) is 31.3. The van der Waals surface area contributed by atoms with Crippen molar-refractivity contribution in [3.05, 3.63) is 12.3 Å². The Morgan fingerprint density at radius 3 is 2.51 bits per heavy atom. The van der Waals surface area contributed by atoms with Gasteiger partial charge in [-0.3, -0.25) is 9.79 Å². The highest BCUT2D eigenvalue weighted by Crippen LogP contribution is 2.34.